The summed E-state index contributed by atoms with van der Waals surface area (Å²) in [6.07, 6.45) is 8.77. The van der Waals surface area contributed by atoms with Gasteiger partial charge in [0.05, 0.1) is 0 Å². The van der Waals surface area contributed by atoms with Crippen molar-refractivity contribution in [1.82, 2.24) is 5.32 Å². The van der Waals surface area contributed by atoms with Crippen molar-refractivity contribution in [3.63, 3.8) is 0 Å². The van der Waals surface area contributed by atoms with Crippen molar-refractivity contribution >= 4 is 0 Å². The third kappa shape index (κ3) is 1.84. The van der Waals surface area contributed by atoms with E-state index in [-0.39, 0.29) is 0 Å². The van der Waals surface area contributed by atoms with Crippen LogP contribution >= 0.6 is 0 Å². The van der Waals surface area contributed by atoms with Crippen molar-refractivity contribution in [2.24, 2.45) is 17.3 Å². The first kappa shape index (κ1) is 10.5. The van der Waals surface area contributed by atoms with Gasteiger partial charge in [0.1, 0.15) is 0 Å². The van der Waals surface area contributed by atoms with Gasteiger partial charge in [0, 0.05) is 13.1 Å². The van der Waals surface area contributed by atoms with Gasteiger partial charge in [-0.1, -0.05) is 39.5 Å². The molecule has 1 unspecified atom stereocenters. The molecule has 0 bridgehead atoms. The van der Waals surface area contributed by atoms with Crippen LogP contribution in [-0.4, -0.2) is 13.1 Å². The maximum Gasteiger partial charge on any atom is 0.00204 e. The number of rotatable bonds is 5. The molecular formula is C13H25N. The van der Waals surface area contributed by atoms with Crippen LogP contribution in [0, 0.1) is 17.3 Å². The van der Waals surface area contributed by atoms with E-state index in [2.05, 4.69) is 19.2 Å². The number of nitrogens with one attached hydrogen (secondary N) is 1. The molecule has 82 valence electrons. The fourth-order valence-electron chi connectivity index (χ4n) is 3.39. The third-order valence-electron chi connectivity index (χ3n) is 4.51. The van der Waals surface area contributed by atoms with Crippen LogP contribution in [0.1, 0.15) is 52.4 Å². The molecule has 1 heterocycles. The topological polar surface area (TPSA) is 12.0 Å². The molecule has 2 aliphatic rings. The molecule has 1 spiro atoms. The Kier molecular flexibility index (Phi) is 3.16. The smallest absolute Gasteiger partial charge is 0.00204 e. The van der Waals surface area contributed by atoms with Gasteiger partial charge in [0.25, 0.3) is 0 Å². The first-order chi connectivity index (χ1) is 6.79. The average Bonchev–Trinajstić information content (AvgIpc) is 2.05. The predicted octanol–water partition coefficient (Wildman–Crippen LogP) is 3.20. The Bertz CT molecular complexity index is 176. The Labute approximate surface area is 88.7 Å². The summed E-state index contributed by atoms with van der Waals surface area (Å²) in [5.74, 6) is 2.12. The quantitative estimate of drug-likeness (QED) is 0.710. The highest BCUT2D eigenvalue weighted by molar-refractivity contribution is 5.03. The molecule has 0 aromatic heterocycles. The van der Waals surface area contributed by atoms with Gasteiger partial charge >= 0.3 is 0 Å². The second-order valence-electron chi connectivity index (χ2n) is 5.58. The molecular weight excluding hydrogens is 170 g/mol. The van der Waals surface area contributed by atoms with Gasteiger partial charge < -0.3 is 5.32 Å². The summed E-state index contributed by atoms with van der Waals surface area (Å²) >= 11 is 0. The maximum atomic E-state index is 3.42. The molecule has 1 N–H and O–H groups in total. The maximum absolute atomic E-state index is 3.42. The zero-order chi connectivity index (χ0) is 10.0. The molecule has 1 atom stereocenters. The molecule has 1 saturated heterocycles. The van der Waals surface area contributed by atoms with E-state index < -0.39 is 0 Å². The largest absolute Gasteiger partial charge is 0.316 e. The molecule has 0 aromatic carbocycles. The Morgan fingerprint density at radius 1 is 1.29 bits per heavy atom. The van der Waals surface area contributed by atoms with E-state index in [0.717, 1.165) is 17.3 Å². The van der Waals surface area contributed by atoms with E-state index >= 15 is 0 Å². The SMILES string of the molecule is CCCCC(CC)C1CC2(CNC2)C1. The minimum Gasteiger partial charge on any atom is -0.316 e. The zero-order valence-electron chi connectivity index (χ0n) is 9.81. The molecule has 1 aliphatic carbocycles. The highest BCUT2D eigenvalue weighted by Gasteiger charge is 2.49. The molecule has 1 nitrogen and oxygen atoms in total. The lowest BCUT2D eigenvalue weighted by Crippen LogP contribution is -2.61. The van der Waals surface area contributed by atoms with Crippen LogP contribution < -0.4 is 5.32 Å². The minimum atomic E-state index is 0.782. The normalized spacial score (nSPS) is 27.0. The third-order valence-corrected chi connectivity index (χ3v) is 4.51. The molecule has 1 aliphatic heterocycles. The summed E-state index contributed by atoms with van der Waals surface area (Å²) in [4.78, 5) is 0. The average molecular weight is 195 g/mol. The van der Waals surface area contributed by atoms with Crippen LogP contribution in [0.4, 0.5) is 0 Å². The fraction of sp³-hybridized carbons (Fsp3) is 1.00. The van der Waals surface area contributed by atoms with Crippen LogP contribution in [0.15, 0.2) is 0 Å². The summed E-state index contributed by atoms with van der Waals surface area (Å²) in [5.41, 5.74) is 0.782. The second-order valence-corrected chi connectivity index (χ2v) is 5.58. The molecule has 2 rings (SSSR count). The van der Waals surface area contributed by atoms with Gasteiger partial charge in [0.2, 0.25) is 0 Å². The molecule has 0 amide bonds. The van der Waals surface area contributed by atoms with Gasteiger partial charge in [-0.15, -0.1) is 0 Å². The van der Waals surface area contributed by atoms with Gasteiger partial charge in [-0.05, 0) is 30.1 Å². The Morgan fingerprint density at radius 3 is 2.43 bits per heavy atom. The van der Waals surface area contributed by atoms with Gasteiger partial charge in [-0.3, -0.25) is 0 Å². The molecule has 0 aromatic rings. The van der Waals surface area contributed by atoms with Crippen molar-refractivity contribution in [2.75, 3.05) is 13.1 Å². The molecule has 14 heavy (non-hydrogen) atoms. The fourth-order valence-corrected chi connectivity index (χ4v) is 3.39. The number of hydrogen-bond donors (Lipinski definition) is 1. The van der Waals surface area contributed by atoms with E-state index in [0.29, 0.717) is 0 Å². The van der Waals surface area contributed by atoms with Crippen molar-refractivity contribution in [2.45, 2.75) is 52.4 Å². The van der Waals surface area contributed by atoms with Crippen molar-refractivity contribution in [3.8, 4) is 0 Å². The summed E-state index contributed by atoms with van der Waals surface area (Å²) < 4.78 is 0. The molecule has 2 fully saturated rings. The van der Waals surface area contributed by atoms with Crippen LogP contribution in [-0.2, 0) is 0 Å². The van der Waals surface area contributed by atoms with Gasteiger partial charge in [0.15, 0.2) is 0 Å². The van der Waals surface area contributed by atoms with E-state index in [1.165, 1.54) is 51.6 Å². The van der Waals surface area contributed by atoms with E-state index in [1.807, 2.05) is 0 Å². The zero-order valence-corrected chi connectivity index (χ0v) is 9.81. The second kappa shape index (κ2) is 4.22. The lowest BCUT2D eigenvalue weighted by Gasteiger charge is -2.56. The van der Waals surface area contributed by atoms with Crippen LogP contribution in [0.2, 0.25) is 0 Å². The van der Waals surface area contributed by atoms with Crippen LogP contribution in [0.3, 0.4) is 0 Å². The van der Waals surface area contributed by atoms with Gasteiger partial charge in [-0.2, -0.15) is 0 Å². The number of unbranched alkanes of at least 4 members (excludes halogenated alkanes) is 1. The van der Waals surface area contributed by atoms with Crippen molar-refractivity contribution in [1.29, 1.82) is 0 Å². The van der Waals surface area contributed by atoms with Crippen LogP contribution in [0.5, 0.6) is 0 Å². The lowest BCUT2D eigenvalue weighted by molar-refractivity contribution is -0.0312. The lowest BCUT2D eigenvalue weighted by atomic mass is 9.54. The molecule has 1 heteroatoms. The minimum absolute atomic E-state index is 0.782. The van der Waals surface area contributed by atoms with Crippen molar-refractivity contribution < 1.29 is 0 Å². The molecule has 1 saturated carbocycles. The summed E-state index contributed by atoms with van der Waals surface area (Å²) in [6, 6.07) is 0. The first-order valence-corrected chi connectivity index (χ1v) is 6.50. The highest BCUT2D eigenvalue weighted by atomic mass is 15.0. The first-order valence-electron chi connectivity index (χ1n) is 6.50. The Hall–Kier alpha value is -0.0400. The Morgan fingerprint density at radius 2 is 2.00 bits per heavy atom. The standard InChI is InChI=1S/C13H25N/c1-3-5-6-11(4-2)12-7-13(8-12)9-14-10-13/h11-12,14H,3-10H2,1-2H3. The number of hydrogen-bond acceptors (Lipinski definition) is 1. The molecule has 0 radical (unpaired) electrons. The summed E-state index contributed by atoms with van der Waals surface area (Å²) in [5, 5.41) is 3.42. The monoisotopic (exact) mass is 195 g/mol. The van der Waals surface area contributed by atoms with Crippen molar-refractivity contribution in [3.05, 3.63) is 0 Å². The van der Waals surface area contributed by atoms with Gasteiger partial charge in [-0.25, -0.2) is 0 Å². The predicted molar refractivity (Wildman–Crippen MR) is 61.3 cm³/mol. The summed E-state index contributed by atoms with van der Waals surface area (Å²) in [6.45, 7) is 7.32. The van der Waals surface area contributed by atoms with E-state index in [9.17, 15) is 0 Å². The van der Waals surface area contributed by atoms with E-state index in [1.54, 1.807) is 0 Å². The Balaban J connectivity index is 1.72. The van der Waals surface area contributed by atoms with E-state index in [4.69, 9.17) is 0 Å². The summed E-state index contributed by atoms with van der Waals surface area (Å²) in [7, 11) is 0. The highest BCUT2D eigenvalue weighted by Crippen LogP contribution is 2.52. The van der Waals surface area contributed by atoms with Crippen LogP contribution in [0.25, 0.3) is 0 Å².